The number of aliphatic hydroxyl groups excluding tert-OH is 1. The Balaban J connectivity index is 2.60. The summed E-state index contributed by atoms with van der Waals surface area (Å²) in [6.07, 6.45) is 0.265. The molecule has 0 amide bonds. The molecule has 0 aromatic carbocycles. The van der Waals surface area contributed by atoms with Crippen LogP contribution in [0.2, 0.25) is 0 Å². The van der Waals surface area contributed by atoms with Crippen molar-refractivity contribution in [2.45, 2.75) is 71.9 Å². The summed E-state index contributed by atoms with van der Waals surface area (Å²) in [7, 11) is 0. The molecule has 1 aliphatic rings. The van der Waals surface area contributed by atoms with Gasteiger partial charge in [0.15, 0.2) is 0 Å². The van der Waals surface area contributed by atoms with Crippen molar-refractivity contribution >= 4 is 5.97 Å². The lowest BCUT2D eigenvalue weighted by atomic mass is 9.88. The third-order valence-corrected chi connectivity index (χ3v) is 2.51. The third-order valence-electron chi connectivity index (χ3n) is 2.51. The molecule has 1 rings (SSSR count). The summed E-state index contributed by atoms with van der Waals surface area (Å²) in [6.45, 7) is 11.1. The van der Waals surface area contributed by atoms with Gasteiger partial charge in [-0.25, -0.2) is 4.79 Å². The van der Waals surface area contributed by atoms with Gasteiger partial charge >= 0.3 is 11.8 Å². The quantitative estimate of drug-likeness (QED) is 0.466. The maximum atomic E-state index is 12.0. The number of ether oxygens (including phenoxy) is 1. The van der Waals surface area contributed by atoms with Crippen molar-refractivity contribution in [3.8, 4) is 0 Å². The molecule has 5 heteroatoms. The molecule has 0 aliphatic carbocycles. The number of carbonyl (C=O) groups is 1. The highest BCUT2D eigenvalue weighted by Crippen LogP contribution is 2.42. The molecule has 0 aromatic rings. The van der Waals surface area contributed by atoms with E-state index >= 15 is 0 Å². The summed E-state index contributed by atoms with van der Waals surface area (Å²) < 4.78 is 5.37. The van der Waals surface area contributed by atoms with Crippen LogP contribution in [0.3, 0.4) is 0 Å². The molecule has 0 spiro atoms. The van der Waals surface area contributed by atoms with Gasteiger partial charge in [-0.1, -0.05) is 20.8 Å². The highest BCUT2D eigenvalue weighted by atomic mass is 17.4. The Kier molecular flexibility index (Phi) is 4.10. The van der Waals surface area contributed by atoms with Crippen LogP contribution in [0.15, 0.2) is 0 Å². The predicted octanol–water partition coefficient (Wildman–Crippen LogP) is 2.17. The smallest absolute Gasteiger partial charge is 0.373 e. The first-order valence-corrected chi connectivity index (χ1v) is 6.24. The molecule has 18 heavy (non-hydrogen) atoms. The predicted molar refractivity (Wildman–Crippen MR) is 65.4 cm³/mol. The van der Waals surface area contributed by atoms with Crippen LogP contribution in [0.1, 0.15) is 54.4 Å². The van der Waals surface area contributed by atoms with Gasteiger partial charge in [-0.2, -0.15) is 9.78 Å². The molecular formula is C13H24O5. The Bertz CT molecular complexity index is 310. The zero-order valence-corrected chi connectivity index (χ0v) is 12.1. The van der Waals surface area contributed by atoms with E-state index < -0.39 is 23.5 Å². The maximum absolute atomic E-state index is 12.0. The van der Waals surface area contributed by atoms with Crippen LogP contribution >= 0.6 is 0 Å². The normalized spacial score (nSPS) is 20.4. The number of esters is 1. The van der Waals surface area contributed by atoms with Crippen LogP contribution in [-0.2, 0) is 19.3 Å². The highest BCUT2D eigenvalue weighted by Gasteiger charge is 2.61. The van der Waals surface area contributed by atoms with Crippen molar-refractivity contribution in [1.29, 1.82) is 0 Å². The molecule has 106 valence electrons. The van der Waals surface area contributed by atoms with E-state index in [-0.39, 0.29) is 5.41 Å². The molecule has 0 aromatic heterocycles. The number of hydrogen-bond donors (Lipinski definition) is 1. The zero-order valence-electron chi connectivity index (χ0n) is 12.1. The zero-order chi connectivity index (χ0) is 14.2. The molecule has 1 heterocycles. The van der Waals surface area contributed by atoms with Crippen molar-refractivity contribution < 1.29 is 24.4 Å². The minimum Gasteiger partial charge on any atom is -0.455 e. The van der Waals surface area contributed by atoms with Crippen molar-refractivity contribution in [3.63, 3.8) is 0 Å². The van der Waals surface area contributed by atoms with Gasteiger partial charge in [-0.15, -0.1) is 0 Å². The average Bonchev–Trinajstić information content (AvgIpc) is 2.78. The minimum atomic E-state index is -1.26. The summed E-state index contributed by atoms with van der Waals surface area (Å²) in [4.78, 5) is 21.7. The van der Waals surface area contributed by atoms with Gasteiger partial charge in [0, 0.05) is 12.8 Å². The second kappa shape index (κ2) is 4.79. The van der Waals surface area contributed by atoms with Crippen molar-refractivity contribution in [3.05, 3.63) is 0 Å². The fourth-order valence-electron chi connectivity index (χ4n) is 2.03. The molecule has 1 atom stereocenters. The summed E-state index contributed by atoms with van der Waals surface area (Å²) >= 11 is 0. The summed E-state index contributed by atoms with van der Waals surface area (Å²) in [5.41, 5.74) is -0.852. The van der Waals surface area contributed by atoms with Gasteiger partial charge in [0.2, 0.25) is 0 Å². The summed E-state index contributed by atoms with van der Waals surface area (Å²) in [5.74, 6) is -1.78. The summed E-state index contributed by atoms with van der Waals surface area (Å²) in [5, 5.41) is 9.35. The molecule has 1 N–H and O–H groups in total. The molecule has 1 fully saturated rings. The molecule has 0 saturated carbocycles. The minimum absolute atomic E-state index is 0.107. The van der Waals surface area contributed by atoms with Crippen LogP contribution in [0, 0.1) is 5.41 Å². The lowest BCUT2D eigenvalue weighted by Crippen LogP contribution is -2.39. The van der Waals surface area contributed by atoms with Gasteiger partial charge in [-0.3, -0.25) is 0 Å². The Morgan fingerprint density at radius 1 is 1.28 bits per heavy atom. The van der Waals surface area contributed by atoms with E-state index in [2.05, 4.69) is 0 Å². The fourth-order valence-corrected chi connectivity index (χ4v) is 2.03. The summed E-state index contributed by atoms with van der Waals surface area (Å²) in [6, 6.07) is 0. The highest BCUT2D eigenvalue weighted by molar-refractivity contribution is 5.79. The molecule has 5 nitrogen and oxygen atoms in total. The lowest BCUT2D eigenvalue weighted by molar-refractivity contribution is -0.167. The Morgan fingerprint density at radius 3 is 2.11 bits per heavy atom. The van der Waals surface area contributed by atoms with Crippen LogP contribution < -0.4 is 0 Å². The van der Waals surface area contributed by atoms with Crippen LogP contribution in [0.4, 0.5) is 0 Å². The van der Waals surface area contributed by atoms with Gasteiger partial charge in [-0.05, 0) is 26.2 Å². The van der Waals surface area contributed by atoms with Gasteiger partial charge in [0.1, 0.15) is 5.60 Å². The van der Waals surface area contributed by atoms with Crippen molar-refractivity contribution in [1.82, 2.24) is 0 Å². The number of aliphatic hydroxyl groups is 1. The van der Waals surface area contributed by atoms with Crippen LogP contribution in [-0.4, -0.2) is 28.6 Å². The second-order valence-corrected chi connectivity index (χ2v) is 6.86. The van der Waals surface area contributed by atoms with Gasteiger partial charge in [0.25, 0.3) is 0 Å². The largest absolute Gasteiger partial charge is 0.455 e. The van der Waals surface area contributed by atoms with Gasteiger partial charge in [0.05, 0.1) is 6.10 Å². The lowest BCUT2D eigenvalue weighted by Gasteiger charge is -2.28. The van der Waals surface area contributed by atoms with E-state index in [0.29, 0.717) is 12.8 Å². The molecule has 0 bridgehead atoms. The first-order chi connectivity index (χ1) is 7.96. The molecule has 1 aliphatic heterocycles. The Morgan fingerprint density at radius 2 is 1.78 bits per heavy atom. The molecular weight excluding hydrogens is 236 g/mol. The van der Waals surface area contributed by atoms with E-state index in [0.717, 1.165) is 0 Å². The van der Waals surface area contributed by atoms with Crippen molar-refractivity contribution in [2.24, 2.45) is 5.41 Å². The van der Waals surface area contributed by atoms with E-state index in [1.807, 2.05) is 20.8 Å². The van der Waals surface area contributed by atoms with Crippen LogP contribution in [0.25, 0.3) is 0 Å². The first kappa shape index (κ1) is 15.4. The SMILES string of the molecule is CC(O)CC(C)(C)OC(=O)C1(CC(C)(C)C)OO1. The van der Waals surface area contributed by atoms with Crippen LogP contribution in [0.5, 0.6) is 0 Å². The second-order valence-electron chi connectivity index (χ2n) is 6.86. The number of rotatable bonds is 5. The average molecular weight is 260 g/mol. The topological polar surface area (TPSA) is 71.6 Å². The van der Waals surface area contributed by atoms with E-state index in [4.69, 9.17) is 14.5 Å². The Labute approximate surface area is 108 Å². The first-order valence-electron chi connectivity index (χ1n) is 6.24. The maximum Gasteiger partial charge on any atom is 0.373 e. The molecule has 1 saturated heterocycles. The van der Waals surface area contributed by atoms with E-state index in [1.165, 1.54) is 0 Å². The van der Waals surface area contributed by atoms with E-state index in [1.54, 1.807) is 20.8 Å². The molecule has 1 unspecified atom stereocenters. The Hall–Kier alpha value is -0.650. The van der Waals surface area contributed by atoms with E-state index in [9.17, 15) is 9.90 Å². The fraction of sp³-hybridized carbons (Fsp3) is 0.923. The monoisotopic (exact) mass is 260 g/mol. The van der Waals surface area contributed by atoms with Crippen molar-refractivity contribution in [2.75, 3.05) is 0 Å². The van der Waals surface area contributed by atoms with Gasteiger partial charge < -0.3 is 9.84 Å². The number of carbonyl (C=O) groups excluding carboxylic acids is 1. The third kappa shape index (κ3) is 4.55. The number of hydrogen-bond acceptors (Lipinski definition) is 5. The standard InChI is InChI=1S/C13H24O5/c1-9(14)7-12(5,6)16-10(15)13(17-18-13)8-11(2,3)4/h9,14H,7-8H2,1-6H3. The molecule has 0 radical (unpaired) electrons.